The summed E-state index contributed by atoms with van der Waals surface area (Å²) in [7, 11) is -3.57. The highest BCUT2D eigenvalue weighted by Gasteiger charge is 2.22. The van der Waals surface area contributed by atoms with Crippen molar-refractivity contribution in [2.24, 2.45) is 5.73 Å². The first-order valence-corrected chi connectivity index (χ1v) is 7.29. The Kier molecular flexibility index (Phi) is 5.21. The Hall–Kier alpha value is -1.02. The van der Waals surface area contributed by atoms with Crippen molar-refractivity contribution in [2.75, 3.05) is 19.7 Å². The lowest BCUT2D eigenvalue weighted by Crippen LogP contribution is -2.33. The molecule has 0 heterocycles. The van der Waals surface area contributed by atoms with Gasteiger partial charge in [-0.2, -0.15) is 4.31 Å². The van der Waals surface area contributed by atoms with Gasteiger partial charge in [0, 0.05) is 18.7 Å². The first kappa shape index (κ1) is 15.0. The van der Waals surface area contributed by atoms with Crippen LogP contribution in [0, 0.1) is 0 Å². The fourth-order valence-electron chi connectivity index (χ4n) is 1.50. The maximum absolute atomic E-state index is 12.2. The third-order valence-corrected chi connectivity index (χ3v) is 4.70. The van der Waals surface area contributed by atoms with Crippen molar-refractivity contribution in [3.8, 4) is 0 Å². The van der Waals surface area contributed by atoms with Gasteiger partial charge in [-0.25, -0.2) is 8.42 Å². The van der Waals surface area contributed by atoms with Gasteiger partial charge >= 0.3 is 0 Å². The number of rotatable bonds is 6. The molecule has 7 heteroatoms. The number of thiocarbonyl (C=S) groups is 1. The van der Waals surface area contributed by atoms with Gasteiger partial charge in [-0.3, -0.25) is 0 Å². The van der Waals surface area contributed by atoms with Crippen LogP contribution in [0.2, 0.25) is 0 Å². The summed E-state index contributed by atoms with van der Waals surface area (Å²) in [5.41, 5.74) is 6.06. The van der Waals surface area contributed by atoms with Gasteiger partial charge in [0.15, 0.2) is 0 Å². The molecule has 0 radical (unpaired) electrons. The van der Waals surface area contributed by atoms with Crippen molar-refractivity contribution >= 4 is 27.2 Å². The number of sulfonamides is 1. The summed E-state index contributed by atoms with van der Waals surface area (Å²) in [5, 5.41) is 8.86. The zero-order valence-corrected chi connectivity index (χ0v) is 11.7. The minimum atomic E-state index is -3.57. The fourth-order valence-corrected chi connectivity index (χ4v) is 3.08. The topological polar surface area (TPSA) is 83.6 Å². The third-order valence-electron chi connectivity index (χ3n) is 2.48. The molecule has 0 aliphatic carbocycles. The largest absolute Gasteiger partial charge is 0.395 e. The monoisotopic (exact) mass is 288 g/mol. The van der Waals surface area contributed by atoms with Crippen molar-refractivity contribution in [1.29, 1.82) is 0 Å². The van der Waals surface area contributed by atoms with Crippen molar-refractivity contribution in [3.05, 3.63) is 29.8 Å². The molecule has 0 saturated heterocycles. The minimum absolute atomic E-state index is 0.0793. The summed E-state index contributed by atoms with van der Waals surface area (Å²) >= 11 is 4.80. The van der Waals surface area contributed by atoms with Gasteiger partial charge in [0.1, 0.15) is 4.99 Å². The van der Waals surface area contributed by atoms with Crippen molar-refractivity contribution < 1.29 is 13.5 Å². The average Bonchev–Trinajstić information content (AvgIpc) is 2.35. The highest BCUT2D eigenvalue weighted by Crippen LogP contribution is 2.16. The van der Waals surface area contributed by atoms with Gasteiger partial charge < -0.3 is 10.8 Å². The van der Waals surface area contributed by atoms with Crippen LogP contribution in [0.25, 0.3) is 0 Å². The van der Waals surface area contributed by atoms with Crippen LogP contribution in [0.15, 0.2) is 29.2 Å². The highest BCUT2D eigenvalue weighted by atomic mass is 32.2. The number of aliphatic hydroxyl groups excluding tert-OH is 1. The molecule has 0 saturated carbocycles. The second-order valence-corrected chi connectivity index (χ2v) is 5.99. The van der Waals surface area contributed by atoms with E-state index < -0.39 is 10.0 Å². The van der Waals surface area contributed by atoms with Gasteiger partial charge in [0.25, 0.3) is 0 Å². The SMILES string of the molecule is CCN(CCO)S(=O)(=O)c1ccc(C(N)=S)cc1. The second-order valence-electron chi connectivity index (χ2n) is 3.61. The zero-order valence-electron chi connectivity index (χ0n) is 10.0. The Morgan fingerprint density at radius 2 is 1.94 bits per heavy atom. The Morgan fingerprint density at radius 1 is 1.39 bits per heavy atom. The minimum Gasteiger partial charge on any atom is -0.395 e. The van der Waals surface area contributed by atoms with Crippen LogP contribution in [0.3, 0.4) is 0 Å². The summed E-state index contributed by atoms with van der Waals surface area (Å²) in [6.45, 7) is 1.89. The molecule has 0 unspecified atom stereocenters. The smallest absolute Gasteiger partial charge is 0.243 e. The summed E-state index contributed by atoms with van der Waals surface area (Å²) in [4.78, 5) is 0.388. The number of aliphatic hydroxyl groups is 1. The van der Waals surface area contributed by atoms with E-state index in [4.69, 9.17) is 23.1 Å². The highest BCUT2D eigenvalue weighted by molar-refractivity contribution is 7.89. The molecule has 0 amide bonds. The van der Waals surface area contributed by atoms with E-state index >= 15 is 0 Å². The van der Waals surface area contributed by atoms with Crippen molar-refractivity contribution in [2.45, 2.75) is 11.8 Å². The summed E-state index contributed by atoms with van der Waals surface area (Å²) in [6, 6.07) is 6.07. The quantitative estimate of drug-likeness (QED) is 0.737. The molecule has 0 spiro atoms. The number of hydrogen-bond donors (Lipinski definition) is 2. The van der Waals surface area contributed by atoms with Crippen LogP contribution in [0.5, 0.6) is 0 Å². The van der Waals surface area contributed by atoms with Crippen molar-refractivity contribution in [3.63, 3.8) is 0 Å². The lowest BCUT2D eigenvalue weighted by molar-refractivity contribution is 0.257. The number of hydrogen-bond acceptors (Lipinski definition) is 4. The lowest BCUT2D eigenvalue weighted by atomic mass is 10.2. The van der Waals surface area contributed by atoms with Gasteiger partial charge in [0.2, 0.25) is 10.0 Å². The maximum Gasteiger partial charge on any atom is 0.243 e. The van der Waals surface area contributed by atoms with E-state index in [1.54, 1.807) is 19.1 Å². The zero-order chi connectivity index (χ0) is 13.8. The molecule has 0 fully saturated rings. The maximum atomic E-state index is 12.2. The number of nitrogens with two attached hydrogens (primary N) is 1. The molecule has 0 bridgehead atoms. The van der Waals surface area contributed by atoms with E-state index in [0.29, 0.717) is 12.1 Å². The molecule has 0 aromatic heterocycles. The van der Waals surface area contributed by atoms with Crippen molar-refractivity contribution in [1.82, 2.24) is 4.31 Å². The Bertz CT molecular complexity index is 512. The number of likely N-dealkylation sites (N-methyl/N-ethyl adjacent to an activating group) is 1. The molecular formula is C11H16N2O3S2. The van der Waals surface area contributed by atoms with Gasteiger partial charge in [0.05, 0.1) is 11.5 Å². The summed E-state index contributed by atoms with van der Waals surface area (Å²) < 4.78 is 25.6. The molecule has 0 atom stereocenters. The predicted octanol–water partition coefficient (Wildman–Crippen LogP) is 0.324. The Labute approximate surface area is 112 Å². The summed E-state index contributed by atoms with van der Waals surface area (Å²) in [6.07, 6.45) is 0. The second kappa shape index (κ2) is 6.24. The number of benzene rings is 1. The van der Waals surface area contributed by atoms with Crippen LogP contribution in [0.1, 0.15) is 12.5 Å². The first-order chi connectivity index (χ1) is 8.43. The molecule has 1 aromatic rings. The standard InChI is InChI=1S/C11H16N2O3S2/c1-2-13(7-8-14)18(15,16)10-5-3-9(4-6-10)11(12)17/h3-6,14H,2,7-8H2,1H3,(H2,12,17). The Morgan fingerprint density at radius 3 is 2.33 bits per heavy atom. The first-order valence-electron chi connectivity index (χ1n) is 5.44. The van der Waals surface area contributed by atoms with Gasteiger partial charge in [-0.15, -0.1) is 0 Å². The molecule has 1 aromatic carbocycles. The summed E-state index contributed by atoms with van der Waals surface area (Å²) in [5.74, 6) is 0. The average molecular weight is 288 g/mol. The van der Waals surface area contributed by atoms with E-state index in [2.05, 4.69) is 0 Å². The van der Waals surface area contributed by atoms with Crippen LogP contribution < -0.4 is 5.73 Å². The molecular weight excluding hydrogens is 272 g/mol. The predicted molar refractivity (Wildman–Crippen MR) is 73.8 cm³/mol. The lowest BCUT2D eigenvalue weighted by Gasteiger charge is -2.19. The van der Waals surface area contributed by atoms with Crippen LogP contribution in [0.4, 0.5) is 0 Å². The molecule has 5 nitrogen and oxygen atoms in total. The van der Waals surface area contributed by atoms with E-state index in [1.807, 2.05) is 0 Å². The van der Waals surface area contributed by atoms with E-state index in [9.17, 15) is 8.42 Å². The van der Waals surface area contributed by atoms with E-state index in [-0.39, 0.29) is 23.0 Å². The van der Waals surface area contributed by atoms with E-state index in [1.165, 1.54) is 16.4 Å². The normalized spacial score (nSPS) is 11.7. The number of nitrogens with zero attached hydrogens (tertiary/aromatic N) is 1. The van der Waals surface area contributed by atoms with Crippen LogP contribution in [-0.2, 0) is 10.0 Å². The molecule has 3 N–H and O–H groups in total. The molecule has 0 aliphatic heterocycles. The fraction of sp³-hybridized carbons (Fsp3) is 0.364. The molecule has 0 aliphatic rings. The van der Waals surface area contributed by atoms with Crippen LogP contribution in [-0.4, -0.2) is 42.5 Å². The molecule has 1 rings (SSSR count). The molecule has 100 valence electrons. The van der Waals surface area contributed by atoms with Gasteiger partial charge in [-0.1, -0.05) is 31.3 Å². The van der Waals surface area contributed by atoms with E-state index in [0.717, 1.165) is 0 Å². The third kappa shape index (κ3) is 3.26. The molecule has 18 heavy (non-hydrogen) atoms. The van der Waals surface area contributed by atoms with Crippen LogP contribution >= 0.6 is 12.2 Å². The Balaban J connectivity index is 3.08. The van der Waals surface area contributed by atoms with Gasteiger partial charge in [-0.05, 0) is 12.1 Å².